The Bertz CT molecular complexity index is 273. The minimum atomic E-state index is 0.0940. The molecule has 0 atom stereocenters. The van der Waals surface area contributed by atoms with Gasteiger partial charge in [0.25, 0.3) is 0 Å². The van der Waals surface area contributed by atoms with Gasteiger partial charge in [-0.2, -0.15) is 0 Å². The van der Waals surface area contributed by atoms with E-state index in [-0.39, 0.29) is 19.1 Å². The van der Waals surface area contributed by atoms with Crippen LogP contribution in [0.5, 0.6) is 0 Å². The summed E-state index contributed by atoms with van der Waals surface area (Å²) in [6.45, 7) is 0.567. The lowest BCUT2D eigenvalue weighted by Crippen LogP contribution is -2.10. The van der Waals surface area contributed by atoms with Gasteiger partial charge in [-0.05, 0) is 12.8 Å². The molecule has 0 aliphatic heterocycles. The summed E-state index contributed by atoms with van der Waals surface area (Å²) >= 11 is 0. The van der Waals surface area contributed by atoms with Crippen LogP contribution in [-0.2, 0) is 9.59 Å². The Kier molecular flexibility index (Phi) is 33.9. The number of unbranched alkanes of at least 4 members (excludes halogenated alkanes) is 9. The smallest absolute Gasteiger partial charge is 0.231 e. The monoisotopic (exact) mass is 346 g/mol. The van der Waals surface area contributed by atoms with Gasteiger partial charge >= 0.3 is 0 Å². The van der Waals surface area contributed by atoms with Crippen LogP contribution >= 0.6 is 0 Å². The Labute approximate surface area is 145 Å². The highest BCUT2D eigenvalue weighted by molar-refractivity contribution is 5.26. The second kappa shape index (κ2) is 29.6. The van der Waals surface area contributed by atoms with Crippen LogP contribution in [0.25, 0.3) is 0 Å². The Balaban J connectivity index is -0.000000635. The first-order chi connectivity index (χ1) is 11.7. The molecule has 0 rings (SSSR count). The highest BCUT2D eigenvalue weighted by Crippen LogP contribution is 2.13. The Hall–Kier alpha value is -1.36. The second-order valence-corrected chi connectivity index (χ2v) is 5.48. The summed E-state index contributed by atoms with van der Waals surface area (Å²) in [5.41, 5.74) is 0. The van der Waals surface area contributed by atoms with E-state index in [1.807, 2.05) is 0 Å². The number of isocyanates is 2. The molecule has 0 radical (unpaired) electrons. The largest absolute Gasteiger partial charge is 0.396 e. The number of aliphatic hydroxyl groups is 3. The summed E-state index contributed by atoms with van der Waals surface area (Å²) < 4.78 is 0. The van der Waals surface area contributed by atoms with Gasteiger partial charge in [-0.3, -0.25) is 0 Å². The highest BCUT2D eigenvalue weighted by Gasteiger charge is 2.04. The molecule has 0 aromatic carbocycles. The molecule has 0 heterocycles. The van der Waals surface area contributed by atoms with E-state index in [0.29, 0.717) is 6.61 Å². The fourth-order valence-electron chi connectivity index (χ4n) is 2.20. The van der Waals surface area contributed by atoms with E-state index < -0.39 is 0 Å². The fourth-order valence-corrected chi connectivity index (χ4v) is 2.20. The van der Waals surface area contributed by atoms with Crippen LogP contribution in [-0.4, -0.2) is 47.3 Å². The predicted octanol–water partition coefficient (Wildman–Crippen LogP) is 2.67. The van der Waals surface area contributed by atoms with Gasteiger partial charge in [-0.25, -0.2) is 20.4 Å². The first-order valence-corrected chi connectivity index (χ1v) is 8.58. The molecule has 0 aliphatic carbocycles. The van der Waals surface area contributed by atoms with Crippen molar-refractivity contribution in [2.45, 2.75) is 70.6 Å². The third-order valence-electron chi connectivity index (χ3n) is 3.54. The molecule has 0 aromatic rings. The van der Waals surface area contributed by atoms with Crippen molar-refractivity contribution >= 4 is 12.2 Å². The van der Waals surface area contributed by atoms with Crippen LogP contribution in [0, 0.1) is 16.7 Å². The van der Waals surface area contributed by atoms with Gasteiger partial charge in [0.15, 0.2) is 0 Å². The zero-order valence-electron chi connectivity index (χ0n) is 14.6. The lowest BCUT2D eigenvalue weighted by molar-refractivity contribution is 0.141. The zero-order valence-corrected chi connectivity index (χ0v) is 14.6. The van der Waals surface area contributed by atoms with Crippen molar-refractivity contribution < 1.29 is 24.9 Å². The van der Waals surface area contributed by atoms with E-state index in [1.54, 1.807) is 0 Å². The number of hydrogen-bond acceptors (Lipinski definition) is 7. The van der Waals surface area contributed by atoms with Crippen molar-refractivity contribution in [1.82, 2.24) is 0 Å². The summed E-state index contributed by atoms with van der Waals surface area (Å²) in [6.07, 6.45) is 14.7. The molecule has 0 bridgehead atoms. The fraction of sp³-hybridized carbons (Fsp3) is 0.882. The molecule has 7 heteroatoms. The molecule has 0 fully saturated rings. The molecule has 0 aromatic heterocycles. The number of rotatable bonds is 14. The molecule has 0 unspecified atom stereocenters. The summed E-state index contributed by atoms with van der Waals surface area (Å²) in [4.78, 5) is 16.7. The van der Waals surface area contributed by atoms with Crippen molar-refractivity contribution in [1.29, 1.82) is 10.8 Å². The van der Waals surface area contributed by atoms with Crippen LogP contribution < -0.4 is 0 Å². The van der Waals surface area contributed by atoms with E-state index in [9.17, 15) is 0 Å². The van der Waals surface area contributed by atoms with E-state index >= 15 is 0 Å². The minimum Gasteiger partial charge on any atom is -0.396 e. The second-order valence-electron chi connectivity index (χ2n) is 5.48. The van der Waals surface area contributed by atoms with Gasteiger partial charge in [0.2, 0.25) is 12.2 Å². The van der Waals surface area contributed by atoms with Crippen molar-refractivity contribution in [2.75, 3.05) is 19.8 Å². The lowest BCUT2D eigenvalue weighted by Gasteiger charge is -2.09. The molecule has 142 valence electrons. The third kappa shape index (κ3) is 32.5. The Morgan fingerprint density at radius 1 is 0.625 bits per heavy atom. The van der Waals surface area contributed by atoms with Gasteiger partial charge in [-0.1, -0.05) is 57.8 Å². The number of carbonyl (C=O) groups excluding carboxylic acids is 2. The van der Waals surface area contributed by atoms with Crippen molar-refractivity contribution in [3.05, 3.63) is 0 Å². The summed E-state index contributed by atoms with van der Waals surface area (Å²) in [7, 11) is 0. The van der Waals surface area contributed by atoms with Crippen molar-refractivity contribution in [3.63, 3.8) is 0 Å². The maximum atomic E-state index is 8.91. The standard InChI is InChI=1S/C15H32O3.2CHNO/c16-12-10-8-6-4-2-1-3-5-7-9-11-15(13-17)14-18;2*2-1-3/h15-18H,1-14H2;2*2H. The average Bonchev–Trinajstić information content (AvgIpc) is 2.57. The third-order valence-corrected chi connectivity index (χ3v) is 3.54. The molecular formula is C17H34N2O5. The van der Waals surface area contributed by atoms with E-state index in [0.717, 1.165) is 31.4 Å². The first-order valence-electron chi connectivity index (χ1n) is 8.58. The van der Waals surface area contributed by atoms with E-state index in [1.165, 1.54) is 51.4 Å². The number of hydrogen-bond donors (Lipinski definition) is 5. The van der Waals surface area contributed by atoms with Gasteiger partial charge in [0.05, 0.1) is 0 Å². The van der Waals surface area contributed by atoms with Crippen LogP contribution in [0.1, 0.15) is 70.6 Å². The van der Waals surface area contributed by atoms with E-state index in [2.05, 4.69) is 0 Å². The molecule has 0 saturated heterocycles. The molecule has 7 nitrogen and oxygen atoms in total. The topological polar surface area (TPSA) is 143 Å². The van der Waals surface area contributed by atoms with Gasteiger partial charge < -0.3 is 15.3 Å². The van der Waals surface area contributed by atoms with E-state index in [4.69, 9.17) is 35.7 Å². The Morgan fingerprint density at radius 2 is 0.917 bits per heavy atom. The predicted molar refractivity (Wildman–Crippen MR) is 92.4 cm³/mol. The van der Waals surface area contributed by atoms with Gasteiger partial charge in [-0.15, -0.1) is 0 Å². The molecule has 0 aliphatic rings. The maximum Gasteiger partial charge on any atom is 0.231 e. The average molecular weight is 346 g/mol. The highest BCUT2D eigenvalue weighted by atomic mass is 16.3. The van der Waals surface area contributed by atoms with Crippen molar-refractivity contribution in [3.8, 4) is 0 Å². The minimum absolute atomic E-state index is 0.0940. The van der Waals surface area contributed by atoms with Crippen molar-refractivity contribution in [2.24, 2.45) is 5.92 Å². The molecule has 0 amide bonds. The van der Waals surface area contributed by atoms with Gasteiger partial charge in [0, 0.05) is 25.7 Å². The summed E-state index contributed by atoms with van der Waals surface area (Å²) in [5.74, 6) is 0.0940. The first kappa shape index (κ1) is 27.5. The maximum absolute atomic E-state index is 8.91. The van der Waals surface area contributed by atoms with Gasteiger partial charge in [0.1, 0.15) is 0 Å². The lowest BCUT2D eigenvalue weighted by atomic mass is 10.0. The van der Waals surface area contributed by atoms with Crippen LogP contribution in [0.15, 0.2) is 0 Å². The molecular weight excluding hydrogens is 312 g/mol. The normalized spacial score (nSPS) is 9.17. The number of nitrogens with one attached hydrogen (secondary N) is 2. The number of aliphatic hydroxyl groups excluding tert-OH is 3. The molecule has 5 N–H and O–H groups in total. The van der Waals surface area contributed by atoms with Crippen LogP contribution in [0.4, 0.5) is 0 Å². The SMILES string of the molecule is N=C=O.N=C=O.OCCCCCCCCCCCCC(CO)CO. The quantitative estimate of drug-likeness (QED) is 0.187. The molecule has 24 heavy (non-hydrogen) atoms. The van der Waals surface area contributed by atoms with Crippen LogP contribution in [0.3, 0.4) is 0 Å². The summed E-state index contributed by atoms with van der Waals surface area (Å²) in [5, 5.41) is 37.3. The molecule has 0 spiro atoms. The zero-order chi connectivity index (χ0) is 18.9. The van der Waals surface area contributed by atoms with Crippen LogP contribution in [0.2, 0.25) is 0 Å². The molecule has 0 saturated carbocycles. The Morgan fingerprint density at radius 3 is 1.21 bits per heavy atom. The summed E-state index contributed by atoms with van der Waals surface area (Å²) in [6, 6.07) is 0.